The average Bonchev–Trinajstić information content (AvgIpc) is 2.90. The van der Waals surface area contributed by atoms with Crippen molar-refractivity contribution in [2.45, 2.75) is 13.1 Å². The quantitative estimate of drug-likeness (QED) is 0.636. The van der Waals surface area contributed by atoms with E-state index < -0.39 is 11.7 Å². The van der Waals surface area contributed by atoms with Crippen LogP contribution in [0.25, 0.3) is 22.6 Å². The maximum Gasteiger partial charge on any atom is 0.417 e. The van der Waals surface area contributed by atoms with E-state index in [-0.39, 0.29) is 5.56 Å². The molecule has 0 aliphatic heterocycles. The lowest BCUT2D eigenvalue weighted by Crippen LogP contribution is -2.10. The zero-order chi connectivity index (χ0) is 15.7. The predicted molar refractivity (Wildman–Crippen MR) is 83.4 cm³/mol. The molecule has 0 radical (unpaired) electrons. The highest BCUT2D eigenvalue weighted by Gasteiger charge is 2.36. The van der Waals surface area contributed by atoms with Crippen LogP contribution < -0.4 is 0 Å². The van der Waals surface area contributed by atoms with Gasteiger partial charge in [-0.2, -0.15) is 13.2 Å². The van der Waals surface area contributed by atoms with E-state index in [1.807, 2.05) is 19.1 Å². The Morgan fingerprint density at radius 1 is 1.00 bits per heavy atom. The Kier molecular flexibility index (Phi) is 3.53. The third-order valence-corrected chi connectivity index (χ3v) is 3.62. The summed E-state index contributed by atoms with van der Waals surface area (Å²) in [5.41, 5.74) is 1.59. The van der Waals surface area contributed by atoms with Crippen LogP contribution in [0.2, 0.25) is 0 Å². The van der Waals surface area contributed by atoms with Gasteiger partial charge in [0.2, 0.25) is 0 Å². The van der Waals surface area contributed by atoms with Gasteiger partial charge in [0.25, 0.3) is 0 Å². The first kappa shape index (κ1) is 14.4. The molecule has 4 heteroatoms. The molecule has 0 saturated heterocycles. The Bertz CT molecular complexity index is 826. The molecule has 0 aliphatic carbocycles. The summed E-state index contributed by atoms with van der Waals surface area (Å²) >= 11 is 0. The molecule has 0 amide bonds. The lowest BCUT2D eigenvalue weighted by atomic mass is 9.99. The van der Waals surface area contributed by atoms with Crippen molar-refractivity contribution in [2.24, 2.45) is 0 Å². The Morgan fingerprint density at radius 3 is 2.41 bits per heavy atom. The first-order chi connectivity index (χ1) is 10.5. The summed E-state index contributed by atoms with van der Waals surface area (Å²) in [4.78, 5) is 2.93. The fourth-order valence-corrected chi connectivity index (χ4v) is 2.61. The van der Waals surface area contributed by atoms with Crippen molar-refractivity contribution >= 4 is 22.6 Å². The van der Waals surface area contributed by atoms with E-state index in [1.54, 1.807) is 36.4 Å². The molecular weight excluding hydrogens is 287 g/mol. The van der Waals surface area contributed by atoms with Gasteiger partial charge in [-0.05, 0) is 30.2 Å². The Morgan fingerprint density at radius 2 is 1.73 bits per heavy atom. The first-order valence-electron chi connectivity index (χ1n) is 6.88. The van der Waals surface area contributed by atoms with E-state index in [2.05, 4.69) is 4.98 Å². The van der Waals surface area contributed by atoms with Crippen molar-refractivity contribution in [3.63, 3.8) is 0 Å². The molecule has 0 fully saturated rings. The van der Waals surface area contributed by atoms with Crippen LogP contribution in [0.15, 0.2) is 54.7 Å². The third-order valence-electron chi connectivity index (χ3n) is 3.62. The maximum absolute atomic E-state index is 13.5. The Hall–Kier alpha value is -2.49. The number of rotatable bonds is 2. The van der Waals surface area contributed by atoms with Crippen molar-refractivity contribution < 1.29 is 13.2 Å². The molecule has 1 N–H and O–H groups in total. The molecular formula is C18H14F3N. The van der Waals surface area contributed by atoms with Crippen LogP contribution in [0.5, 0.6) is 0 Å². The standard InChI is InChI=1S/C18H14F3N/c1-12-6-5-9-16-17(12)14(11-22-16)15(18(19,20)21)10-13-7-3-2-4-8-13/h2-11,22H,1H3/b15-10+. The topological polar surface area (TPSA) is 15.8 Å². The van der Waals surface area contributed by atoms with Gasteiger partial charge in [0.15, 0.2) is 0 Å². The van der Waals surface area contributed by atoms with Crippen molar-refractivity contribution in [3.8, 4) is 0 Å². The summed E-state index contributed by atoms with van der Waals surface area (Å²) in [5.74, 6) is 0. The van der Waals surface area contributed by atoms with E-state index in [4.69, 9.17) is 0 Å². The molecule has 0 aliphatic rings. The number of alkyl halides is 3. The molecule has 0 atom stereocenters. The van der Waals surface area contributed by atoms with Gasteiger partial charge in [0, 0.05) is 22.7 Å². The van der Waals surface area contributed by atoms with Crippen LogP contribution in [0.1, 0.15) is 16.7 Å². The molecule has 1 nitrogen and oxygen atoms in total. The van der Waals surface area contributed by atoms with Gasteiger partial charge in [0.1, 0.15) is 0 Å². The number of halogens is 3. The van der Waals surface area contributed by atoms with Crippen molar-refractivity contribution in [3.05, 3.63) is 71.4 Å². The molecule has 1 heterocycles. The Labute approximate surface area is 126 Å². The predicted octanol–water partition coefficient (Wildman–Crippen LogP) is 5.58. The normalized spacial score (nSPS) is 12.8. The van der Waals surface area contributed by atoms with Gasteiger partial charge in [-0.3, -0.25) is 0 Å². The summed E-state index contributed by atoms with van der Waals surface area (Å²) in [5, 5.41) is 0.613. The number of hydrogen-bond donors (Lipinski definition) is 1. The van der Waals surface area contributed by atoms with Gasteiger partial charge in [-0.1, -0.05) is 42.5 Å². The van der Waals surface area contributed by atoms with Crippen LogP contribution in [0, 0.1) is 6.92 Å². The van der Waals surface area contributed by atoms with E-state index in [1.165, 1.54) is 12.3 Å². The van der Waals surface area contributed by atoms with Crippen LogP contribution in [-0.2, 0) is 0 Å². The second kappa shape index (κ2) is 5.37. The monoisotopic (exact) mass is 301 g/mol. The molecule has 2 aromatic carbocycles. The van der Waals surface area contributed by atoms with Gasteiger partial charge < -0.3 is 4.98 Å². The van der Waals surface area contributed by atoms with Gasteiger partial charge >= 0.3 is 6.18 Å². The van der Waals surface area contributed by atoms with Gasteiger partial charge in [0.05, 0.1) is 5.57 Å². The van der Waals surface area contributed by atoms with Gasteiger partial charge in [-0.15, -0.1) is 0 Å². The van der Waals surface area contributed by atoms with E-state index >= 15 is 0 Å². The number of fused-ring (bicyclic) bond motifs is 1. The zero-order valence-electron chi connectivity index (χ0n) is 11.9. The largest absolute Gasteiger partial charge is 0.417 e. The van der Waals surface area contributed by atoms with Crippen molar-refractivity contribution in [1.82, 2.24) is 4.98 Å². The van der Waals surface area contributed by atoms with E-state index in [9.17, 15) is 13.2 Å². The van der Waals surface area contributed by atoms with Crippen molar-refractivity contribution in [2.75, 3.05) is 0 Å². The SMILES string of the molecule is Cc1cccc2[nH]cc(/C(=C\c3ccccc3)C(F)(F)F)c12. The first-order valence-corrected chi connectivity index (χ1v) is 6.88. The minimum absolute atomic E-state index is 0.185. The number of nitrogens with one attached hydrogen (secondary N) is 1. The molecule has 3 rings (SSSR count). The second-order valence-electron chi connectivity index (χ2n) is 5.17. The van der Waals surface area contributed by atoms with Crippen LogP contribution in [0.4, 0.5) is 13.2 Å². The molecule has 0 saturated carbocycles. The minimum atomic E-state index is -4.42. The summed E-state index contributed by atoms with van der Waals surface area (Å²) < 4.78 is 40.6. The highest BCUT2D eigenvalue weighted by molar-refractivity contribution is 5.99. The summed E-state index contributed by atoms with van der Waals surface area (Å²) in [6, 6.07) is 14.0. The third kappa shape index (κ3) is 2.64. The number of benzene rings is 2. The smallest absolute Gasteiger partial charge is 0.361 e. The number of H-pyrrole nitrogens is 1. The number of aromatic nitrogens is 1. The Balaban J connectivity index is 2.24. The van der Waals surface area contributed by atoms with Gasteiger partial charge in [-0.25, -0.2) is 0 Å². The van der Waals surface area contributed by atoms with E-state index in [0.29, 0.717) is 16.5 Å². The second-order valence-corrected chi connectivity index (χ2v) is 5.17. The summed E-state index contributed by atoms with van der Waals surface area (Å²) in [6.45, 7) is 1.82. The highest BCUT2D eigenvalue weighted by atomic mass is 19.4. The molecule has 1 aromatic heterocycles. The lowest BCUT2D eigenvalue weighted by Gasteiger charge is -2.12. The fourth-order valence-electron chi connectivity index (χ4n) is 2.61. The number of allylic oxidation sites excluding steroid dienone is 1. The summed E-state index contributed by atoms with van der Waals surface area (Å²) in [7, 11) is 0. The molecule has 0 bridgehead atoms. The van der Waals surface area contributed by atoms with Crippen LogP contribution >= 0.6 is 0 Å². The number of aromatic amines is 1. The summed E-state index contributed by atoms with van der Waals surface area (Å²) in [6.07, 6.45) is -1.80. The highest BCUT2D eigenvalue weighted by Crippen LogP contribution is 2.39. The maximum atomic E-state index is 13.5. The molecule has 3 aromatic rings. The van der Waals surface area contributed by atoms with Crippen molar-refractivity contribution in [1.29, 1.82) is 0 Å². The average molecular weight is 301 g/mol. The molecule has 0 spiro atoms. The minimum Gasteiger partial charge on any atom is -0.361 e. The van der Waals surface area contributed by atoms with Crippen LogP contribution in [-0.4, -0.2) is 11.2 Å². The molecule has 22 heavy (non-hydrogen) atoms. The number of hydrogen-bond acceptors (Lipinski definition) is 0. The number of aryl methyl sites for hydroxylation is 1. The van der Waals surface area contributed by atoms with E-state index in [0.717, 1.165) is 5.56 Å². The fraction of sp³-hybridized carbons (Fsp3) is 0.111. The molecule has 0 unspecified atom stereocenters. The lowest BCUT2D eigenvalue weighted by molar-refractivity contribution is -0.0682. The molecule has 112 valence electrons. The zero-order valence-corrected chi connectivity index (χ0v) is 11.9. The van der Waals surface area contributed by atoms with Crippen LogP contribution in [0.3, 0.4) is 0 Å².